The molecule has 0 aliphatic rings. The highest BCUT2D eigenvalue weighted by molar-refractivity contribution is 7.17. The third kappa shape index (κ3) is 16.1. The lowest BCUT2D eigenvalue weighted by molar-refractivity contribution is 0.328. The van der Waals surface area contributed by atoms with Gasteiger partial charge in [0.05, 0.1) is 6.61 Å². The molecular formula is C14H29O2P. The fourth-order valence-corrected chi connectivity index (χ4v) is 2.25. The van der Waals surface area contributed by atoms with E-state index >= 15 is 0 Å². The lowest BCUT2D eigenvalue weighted by atomic mass is 10.1. The Hall–Kier alpha value is 0.0600. The molecule has 0 radical (unpaired) electrons. The summed E-state index contributed by atoms with van der Waals surface area (Å²) < 4.78 is 14.7. The molecule has 0 aliphatic carbocycles. The SMILES string of the molecule is CCCCCCCCCCCCCCOP=O. The third-order valence-corrected chi connectivity index (χ3v) is 3.43. The van der Waals surface area contributed by atoms with Gasteiger partial charge in [0.15, 0.2) is 0 Å². The van der Waals surface area contributed by atoms with Crippen LogP contribution in [0, 0.1) is 0 Å². The second kappa shape index (κ2) is 16.1. The van der Waals surface area contributed by atoms with Gasteiger partial charge in [-0.3, -0.25) is 4.52 Å². The molecule has 2 nitrogen and oxygen atoms in total. The van der Waals surface area contributed by atoms with Crippen molar-refractivity contribution in [2.75, 3.05) is 6.61 Å². The minimum absolute atomic E-state index is 0.173. The van der Waals surface area contributed by atoms with Gasteiger partial charge in [0, 0.05) is 0 Å². The molecule has 0 aromatic heterocycles. The zero-order valence-electron chi connectivity index (χ0n) is 11.5. The summed E-state index contributed by atoms with van der Waals surface area (Å²) in [5, 5.41) is 0. The van der Waals surface area contributed by atoms with E-state index in [0.29, 0.717) is 6.61 Å². The highest BCUT2D eigenvalue weighted by Crippen LogP contribution is 2.12. The molecular weight excluding hydrogens is 231 g/mol. The Labute approximate surface area is 109 Å². The van der Waals surface area contributed by atoms with Gasteiger partial charge in [0.1, 0.15) is 0 Å². The van der Waals surface area contributed by atoms with E-state index < -0.39 is 0 Å². The smallest absolute Gasteiger partial charge is 0.294 e. The third-order valence-electron chi connectivity index (χ3n) is 3.14. The molecule has 0 N–H and O–H groups in total. The number of rotatable bonds is 14. The van der Waals surface area contributed by atoms with Crippen LogP contribution in [0.1, 0.15) is 84.0 Å². The van der Waals surface area contributed by atoms with E-state index in [4.69, 9.17) is 4.52 Å². The van der Waals surface area contributed by atoms with Crippen LogP contribution in [0.15, 0.2) is 0 Å². The molecule has 0 amide bonds. The van der Waals surface area contributed by atoms with Crippen LogP contribution in [-0.2, 0) is 9.09 Å². The first-order valence-corrected chi connectivity index (χ1v) is 8.09. The zero-order chi connectivity index (χ0) is 12.6. The average molecular weight is 260 g/mol. The zero-order valence-corrected chi connectivity index (χ0v) is 12.4. The summed E-state index contributed by atoms with van der Waals surface area (Å²) in [4.78, 5) is 0. The summed E-state index contributed by atoms with van der Waals surface area (Å²) in [7, 11) is -0.173. The molecule has 0 fully saturated rings. The van der Waals surface area contributed by atoms with Crippen molar-refractivity contribution in [1.82, 2.24) is 0 Å². The van der Waals surface area contributed by atoms with Gasteiger partial charge in [0.25, 0.3) is 0 Å². The van der Waals surface area contributed by atoms with Gasteiger partial charge in [-0.2, -0.15) is 0 Å². The molecule has 0 aliphatic heterocycles. The van der Waals surface area contributed by atoms with Gasteiger partial charge in [-0.15, -0.1) is 0 Å². The van der Waals surface area contributed by atoms with Gasteiger partial charge in [-0.1, -0.05) is 77.6 Å². The van der Waals surface area contributed by atoms with Gasteiger partial charge in [-0.25, -0.2) is 4.57 Å². The monoisotopic (exact) mass is 260 g/mol. The van der Waals surface area contributed by atoms with E-state index in [0.717, 1.165) is 6.42 Å². The maximum absolute atomic E-state index is 9.98. The Balaban J connectivity index is 2.87. The normalized spacial score (nSPS) is 11.1. The molecule has 0 atom stereocenters. The Morgan fingerprint density at radius 2 is 1.12 bits per heavy atom. The largest absolute Gasteiger partial charge is 0.327 e. The standard InChI is InChI=1S/C14H29O2P/c1-2-3-4-5-6-7-8-9-10-11-12-13-14-16-17-15/h2-14H2,1H3. The van der Waals surface area contributed by atoms with Crippen LogP contribution in [-0.4, -0.2) is 6.61 Å². The van der Waals surface area contributed by atoms with Crippen LogP contribution in [0.25, 0.3) is 0 Å². The molecule has 0 rings (SSSR count). The van der Waals surface area contributed by atoms with Crippen LogP contribution >= 0.6 is 8.69 Å². The van der Waals surface area contributed by atoms with Crippen LogP contribution in [0.3, 0.4) is 0 Å². The van der Waals surface area contributed by atoms with Crippen molar-refractivity contribution in [2.24, 2.45) is 0 Å². The minimum Gasteiger partial charge on any atom is -0.294 e. The topological polar surface area (TPSA) is 26.3 Å². The first-order chi connectivity index (χ1) is 8.41. The Kier molecular flexibility index (Phi) is 16.1. The Morgan fingerprint density at radius 1 is 0.706 bits per heavy atom. The fraction of sp³-hybridized carbons (Fsp3) is 1.00. The van der Waals surface area contributed by atoms with E-state index in [1.807, 2.05) is 0 Å². The summed E-state index contributed by atoms with van der Waals surface area (Å²) in [5.74, 6) is 0. The molecule has 0 spiro atoms. The summed E-state index contributed by atoms with van der Waals surface area (Å²) >= 11 is 0. The lowest BCUT2D eigenvalue weighted by Gasteiger charge is -2.02. The van der Waals surface area contributed by atoms with E-state index in [1.165, 1.54) is 70.6 Å². The highest BCUT2D eigenvalue weighted by atomic mass is 31.1. The highest BCUT2D eigenvalue weighted by Gasteiger charge is 1.93. The summed E-state index contributed by atoms with van der Waals surface area (Å²) in [6.45, 7) is 2.91. The Bertz CT molecular complexity index is 151. The molecule has 0 bridgehead atoms. The van der Waals surface area contributed by atoms with Crippen molar-refractivity contribution in [3.05, 3.63) is 0 Å². The van der Waals surface area contributed by atoms with E-state index in [-0.39, 0.29) is 8.69 Å². The van der Waals surface area contributed by atoms with Crippen LogP contribution in [0.4, 0.5) is 0 Å². The van der Waals surface area contributed by atoms with Crippen LogP contribution in [0.5, 0.6) is 0 Å². The van der Waals surface area contributed by atoms with Gasteiger partial charge in [-0.05, 0) is 6.42 Å². The van der Waals surface area contributed by atoms with Crippen molar-refractivity contribution in [3.8, 4) is 0 Å². The summed E-state index contributed by atoms with van der Waals surface area (Å²) in [6, 6.07) is 0. The maximum atomic E-state index is 9.98. The van der Waals surface area contributed by atoms with Gasteiger partial charge >= 0.3 is 8.69 Å². The second-order valence-corrected chi connectivity index (χ2v) is 5.20. The molecule has 102 valence electrons. The first kappa shape index (κ1) is 17.1. The lowest BCUT2D eigenvalue weighted by Crippen LogP contribution is -1.86. The number of unbranched alkanes of at least 4 members (excludes halogenated alkanes) is 11. The molecule has 0 unspecified atom stereocenters. The van der Waals surface area contributed by atoms with Gasteiger partial charge in [0.2, 0.25) is 0 Å². The summed E-state index contributed by atoms with van der Waals surface area (Å²) in [5.41, 5.74) is 0. The van der Waals surface area contributed by atoms with Crippen molar-refractivity contribution in [1.29, 1.82) is 0 Å². The number of hydrogen-bond donors (Lipinski definition) is 0. The van der Waals surface area contributed by atoms with E-state index in [9.17, 15) is 4.57 Å². The quantitative estimate of drug-likeness (QED) is 0.286. The molecule has 0 saturated carbocycles. The fourth-order valence-electron chi connectivity index (χ4n) is 2.04. The van der Waals surface area contributed by atoms with Gasteiger partial charge < -0.3 is 0 Å². The molecule has 0 aromatic carbocycles. The van der Waals surface area contributed by atoms with E-state index in [2.05, 4.69) is 6.92 Å². The summed E-state index contributed by atoms with van der Waals surface area (Å²) in [6.07, 6.45) is 16.2. The van der Waals surface area contributed by atoms with Crippen molar-refractivity contribution >= 4 is 8.69 Å². The molecule has 0 heterocycles. The van der Waals surface area contributed by atoms with Crippen molar-refractivity contribution < 1.29 is 9.09 Å². The van der Waals surface area contributed by atoms with Crippen molar-refractivity contribution in [2.45, 2.75) is 84.0 Å². The minimum atomic E-state index is -0.173. The predicted molar refractivity (Wildman–Crippen MR) is 74.6 cm³/mol. The second-order valence-electron chi connectivity index (χ2n) is 4.80. The van der Waals surface area contributed by atoms with Crippen molar-refractivity contribution in [3.63, 3.8) is 0 Å². The molecule has 0 aromatic rings. The number of hydrogen-bond acceptors (Lipinski definition) is 2. The van der Waals surface area contributed by atoms with Crippen LogP contribution in [0.2, 0.25) is 0 Å². The molecule has 3 heteroatoms. The van der Waals surface area contributed by atoms with Crippen LogP contribution < -0.4 is 0 Å². The molecule has 17 heavy (non-hydrogen) atoms. The first-order valence-electron chi connectivity index (χ1n) is 7.36. The average Bonchev–Trinajstić information content (AvgIpc) is 2.35. The molecule has 0 saturated heterocycles. The maximum Gasteiger partial charge on any atom is 0.327 e. The predicted octanol–water partition coefficient (Wildman–Crippen LogP) is 5.91. The Morgan fingerprint density at radius 3 is 1.53 bits per heavy atom. The van der Waals surface area contributed by atoms with E-state index in [1.54, 1.807) is 0 Å².